The second-order valence-electron chi connectivity index (χ2n) is 3.62. The van der Waals surface area contributed by atoms with Crippen LogP contribution in [0.5, 0.6) is 0 Å². The molecule has 1 heterocycles. The molecule has 10 heteroatoms. The second-order valence-corrected chi connectivity index (χ2v) is 4.44. The largest absolute Gasteiger partial charge is 0.305 e. The predicted molar refractivity (Wildman–Crippen MR) is 63.9 cm³/mol. The van der Waals surface area contributed by atoms with Crippen molar-refractivity contribution in [2.24, 2.45) is 0 Å². The zero-order chi connectivity index (χ0) is 15.7. The Kier molecular flexibility index (Phi) is 4.16. The summed E-state index contributed by atoms with van der Waals surface area (Å²) in [5.41, 5.74) is -1.60. The van der Waals surface area contributed by atoms with Crippen molar-refractivity contribution in [3.05, 3.63) is 51.6 Å². The van der Waals surface area contributed by atoms with Gasteiger partial charge in [-0.1, -0.05) is 0 Å². The zero-order valence-corrected chi connectivity index (χ0v) is 11.3. The summed E-state index contributed by atoms with van der Waals surface area (Å²) in [6.07, 6.45) is 2.18. The van der Waals surface area contributed by atoms with Gasteiger partial charge in [-0.2, -0.15) is 0 Å². The number of carbonyl (C=O) groups excluding carboxylic acids is 1. The van der Waals surface area contributed by atoms with Gasteiger partial charge in [0.1, 0.15) is 10.2 Å². The van der Waals surface area contributed by atoms with Gasteiger partial charge in [-0.05, 0) is 15.9 Å². The highest BCUT2D eigenvalue weighted by molar-refractivity contribution is 9.10. The van der Waals surface area contributed by atoms with Crippen LogP contribution in [0.2, 0.25) is 0 Å². The molecular formula is C11H3BrF5N3O. The van der Waals surface area contributed by atoms with Crippen molar-refractivity contribution in [3.63, 3.8) is 0 Å². The van der Waals surface area contributed by atoms with Crippen molar-refractivity contribution in [3.8, 4) is 0 Å². The van der Waals surface area contributed by atoms with Gasteiger partial charge in [-0.25, -0.2) is 31.9 Å². The molecule has 0 radical (unpaired) electrons. The summed E-state index contributed by atoms with van der Waals surface area (Å²) in [4.78, 5) is 18.9. The molecule has 110 valence electrons. The summed E-state index contributed by atoms with van der Waals surface area (Å²) in [6, 6.07) is 0. The van der Waals surface area contributed by atoms with E-state index >= 15 is 0 Å². The van der Waals surface area contributed by atoms with Crippen molar-refractivity contribution in [2.75, 3.05) is 5.32 Å². The molecule has 0 unspecified atom stereocenters. The molecule has 0 spiro atoms. The van der Waals surface area contributed by atoms with Gasteiger partial charge in [0.25, 0.3) is 5.91 Å². The topological polar surface area (TPSA) is 54.9 Å². The number of benzene rings is 1. The lowest BCUT2D eigenvalue weighted by Crippen LogP contribution is -2.20. The fourth-order valence-corrected chi connectivity index (χ4v) is 1.56. The van der Waals surface area contributed by atoms with Gasteiger partial charge >= 0.3 is 0 Å². The first-order chi connectivity index (χ1) is 9.82. The molecule has 2 aromatic rings. The first kappa shape index (κ1) is 15.3. The van der Waals surface area contributed by atoms with Crippen molar-refractivity contribution in [1.82, 2.24) is 9.97 Å². The molecule has 0 bridgehead atoms. The number of aromatic nitrogens is 2. The molecule has 1 aromatic carbocycles. The molecule has 0 saturated heterocycles. The minimum Gasteiger partial charge on any atom is -0.305 e. The molecule has 4 nitrogen and oxygen atoms in total. The van der Waals surface area contributed by atoms with E-state index in [1.165, 1.54) is 0 Å². The molecule has 0 aliphatic heterocycles. The minimum atomic E-state index is -2.34. The highest BCUT2D eigenvalue weighted by Gasteiger charge is 2.29. The highest BCUT2D eigenvalue weighted by atomic mass is 79.9. The van der Waals surface area contributed by atoms with Gasteiger partial charge < -0.3 is 5.32 Å². The summed E-state index contributed by atoms with van der Waals surface area (Å²) >= 11 is 2.96. The fourth-order valence-electron chi connectivity index (χ4n) is 1.36. The number of rotatable bonds is 2. The van der Waals surface area contributed by atoms with E-state index in [2.05, 4.69) is 25.9 Å². The Morgan fingerprint density at radius 3 is 1.90 bits per heavy atom. The van der Waals surface area contributed by atoms with Crippen LogP contribution in [-0.4, -0.2) is 15.9 Å². The molecule has 1 amide bonds. The molecule has 0 aliphatic carbocycles. The van der Waals surface area contributed by atoms with Crippen LogP contribution in [-0.2, 0) is 0 Å². The number of hydrogen-bond donors (Lipinski definition) is 1. The third kappa shape index (κ3) is 2.84. The van der Waals surface area contributed by atoms with Crippen molar-refractivity contribution in [1.29, 1.82) is 0 Å². The molecule has 0 fully saturated rings. The minimum absolute atomic E-state index is 0.229. The normalized spacial score (nSPS) is 10.6. The average Bonchev–Trinajstić information content (AvgIpc) is 2.46. The molecule has 2 rings (SSSR count). The number of halogens is 6. The smallest absolute Gasteiger partial charge is 0.263 e. The average molecular weight is 368 g/mol. The fraction of sp³-hybridized carbons (Fsp3) is 0. The molecule has 1 aromatic heterocycles. The van der Waals surface area contributed by atoms with E-state index in [0.717, 1.165) is 12.4 Å². The summed E-state index contributed by atoms with van der Waals surface area (Å²) in [5.74, 6) is -13.0. The quantitative estimate of drug-likeness (QED) is 0.503. The van der Waals surface area contributed by atoms with Gasteiger partial charge in [0.05, 0.1) is 12.4 Å². The first-order valence-electron chi connectivity index (χ1n) is 5.13. The van der Waals surface area contributed by atoms with E-state index in [9.17, 15) is 26.7 Å². The lowest BCUT2D eigenvalue weighted by Gasteiger charge is -2.08. The van der Waals surface area contributed by atoms with Gasteiger partial charge in [-0.15, -0.1) is 0 Å². The van der Waals surface area contributed by atoms with Crippen molar-refractivity contribution in [2.45, 2.75) is 0 Å². The predicted octanol–water partition coefficient (Wildman–Crippen LogP) is 3.19. The number of anilines is 1. The Balaban J connectivity index is 2.42. The Morgan fingerprint density at radius 1 is 0.905 bits per heavy atom. The van der Waals surface area contributed by atoms with Crippen LogP contribution >= 0.6 is 15.9 Å². The third-order valence-corrected chi connectivity index (χ3v) is 2.71. The van der Waals surface area contributed by atoms with E-state index < -0.39 is 40.6 Å². The number of amides is 1. The van der Waals surface area contributed by atoms with E-state index in [0.29, 0.717) is 4.60 Å². The SMILES string of the molecule is O=C(Nc1cnc(Br)cn1)c1c(F)c(F)c(F)c(F)c1F. The summed E-state index contributed by atoms with van der Waals surface area (Å²) < 4.78 is 65.9. The first-order valence-corrected chi connectivity index (χ1v) is 5.92. The van der Waals surface area contributed by atoms with Crippen LogP contribution in [0, 0.1) is 29.1 Å². The maximum Gasteiger partial charge on any atom is 0.263 e. The van der Waals surface area contributed by atoms with Gasteiger partial charge in [-0.3, -0.25) is 4.79 Å². The summed E-state index contributed by atoms with van der Waals surface area (Å²) in [5, 5.41) is 1.87. The lowest BCUT2D eigenvalue weighted by molar-refractivity contribution is 0.101. The number of hydrogen-bond acceptors (Lipinski definition) is 3. The van der Waals surface area contributed by atoms with E-state index in [1.54, 1.807) is 0 Å². The van der Waals surface area contributed by atoms with Crippen LogP contribution in [0.15, 0.2) is 17.0 Å². The summed E-state index contributed by atoms with van der Waals surface area (Å²) in [7, 11) is 0. The van der Waals surface area contributed by atoms with Gasteiger partial charge in [0.15, 0.2) is 29.1 Å². The molecule has 0 atom stereocenters. The van der Waals surface area contributed by atoms with E-state index in [1.807, 2.05) is 5.32 Å². The molecule has 21 heavy (non-hydrogen) atoms. The van der Waals surface area contributed by atoms with Crippen LogP contribution in [0.25, 0.3) is 0 Å². The summed E-state index contributed by atoms with van der Waals surface area (Å²) in [6.45, 7) is 0. The molecule has 1 N–H and O–H groups in total. The third-order valence-electron chi connectivity index (χ3n) is 2.30. The Morgan fingerprint density at radius 2 is 1.43 bits per heavy atom. The van der Waals surface area contributed by atoms with Crippen molar-refractivity contribution >= 4 is 27.7 Å². The van der Waals surface area contributed by atoms with E-state index in [-0.39, 0.29) is 5.82 Å². The number of carbonyl (C=O) groups is 1. The standard InChI is InChI=1S/C11H3BrF5N3O/c12-3-1-19-4(2-18-3)20-11(21)5-6(13)8(15)10(17)9(16)7(5)14/h1-2H,(H,19,20,21). The second kappa shape index (κ2) is 5.72. The maximum absolute atomic E-state index is 13.4. The maximum atomic E-state index is 13.4. The zero-order valence-electron chi connectivity index (χ0n) is 9.73. The number of nitrogens with one attached hydrogen (secondary N) is 1. The van der Waals surface area contributed by atoms with Crippen LogP contribution in [0.4, 0.5) is 27.8 Å². The molecule has 0 aliphatic rings. The monoisotopic (exact) mass is 367 g/mol. The Bertz CT molecular complexity index is 694. The van der Waals surface area contributed by atoms with Crippen molar-refractivity contribution < 1.29 is 26.7 Å². The van der Waals surface area contributed by atoms with Gasteiger partial charge in [0.2, 0.25) is 5.82 Å². The number of nitrogens with zero attached hydrogens (tertiary/aromatic N) is 2. The van der Waals surface area contributed by atoms with Crippen LogP contribution in [0.1, 0.15) is 10.4 Å². The van der Waals surface area contributed by atoms with Crippen LogP contribution < -0.4 is 5.32 Å². The Hall–Kier alpha value is -2.10. The van der Waals surface area contributed by atoms with Gasteiger partial charge in [0, 0.05) is 0 Å². The van der Waals surface area contributed by atoms with Crippen LogP contribution in [0.3, 0.4) is 0 Å². The molecular weight excluding hydrogens is 365 g/mol. The van der Waals surface area contributed by atoms with E-state index in [4.69, 9.17) is 0 Å². The lowest BCUT2D eigenvalue weighted by atomic mass is 10.1. The Labute approximate surface area is 122 Å². The highest BCUT2D eigenvalue weighted by Crippen LogP contribution is 2.23. The molecule has 0 saturated carbocycles.